The molecule has 0 heterocycles. The lowest BCUT2D eigenvalue weighted by Crippen LogP contribution is -2.36. The van der Waals surface area contributed by atoms with Crippen LogP contribution in [0.3, 0.4) is 0 Å². The lowest BCUT2D eigenvalue weighted by Gasteiger charge is -2.42. The summed E-state index contributed by atoms with van der Waals surface area (Å²) in [6, 6.07) is 0. The average Bonchev–Trinajstić information content (AvgIpc) is 2.41. The molecule has 0 unspecified atom stereocenters. The zero-order valence-corrected chi connectivity index (χ0v) is 11.2. The van der Waals surface area contributed by atoms with Crippen molar-refractivity contribution in [3.63, 3.8) is 0 Å². The van der Waals surface area contributed by atoms with E-state index in [0.717, 1.165) is 18.8 Å². The Morgan fingerprint density at radius 2 is 1.65 bits per heavy atom. The van der Waals surface area contributed by atoms with Gasteiger partial charge in [0.15, 0.2) is 0 Å². The van der Waals surface area contributed by atoms with Crippen LogP contribution >= 0.6 is 0 Å². The first-order valence-electron chi connectivity index (χ1n) is 7.40. The van der Waals surface area contributed by atoms with Crippen molar-refractivity contribution in [3.05, 3.63) is 12.2 Å². The van der Waals surface area contributed by atoms with Crippen LogP contribution in [0.4, 0.5) is 0 Å². The molecule has 0 aromatic carbocycles. The Labute approximate surface area is 106 Å². The summed E-state index contributed by atoms with van der Waals surface area (Å²) < 4.78 is 0. The van der Waals surface area contributed by atoms with Crippen molar-refractivity contribution in [3.8, 4) is 0 Å². The van der Waals surface area contributed by atoms with Crippen LogP contribution in [0.1, 0.15) is 64.7 Å². The van der Waals surface area contributed by atoms with E-state index >= 15 is 0 Å². The monoisotopic (exact) mass is 234 g/mol. The molecule has 0 saturated heterocycles. The molecule has 2 saturated carbocycles. The molecule has 0 amide bonds. The minimum atomic E-state index is 0.0686. The number of aldehydes is 1. The zero-order chi connectivity index (χ0) is 12.1. The minimum absolute atomic E-state index is 0.0686. The van der Waals surface area contributed by atoms with Crippen LogP contribution in [0.5, 0.6) is 0 Å². The molecule has 17 heavy (non-hydrogen) atoms. The van der Waals surface area contributed by atoms with E-state index in [-0.39, 0.29) is 5.41 Å². The number of allylic oxidation sites excluding steroid dienone is 2. The Morgan fingerprint density at radius 3 is 2.18 bits per heavy atom. The van der Waals surface area contributed by atoms with E-state index in [1.807, 2.05) is 0 Å². The fourth-order valence-corrected chi connectivity index (χ4v) is 3.99. The highest BCUT2D eigenvalue weighted by molar-refractivity contribution is 5.60. The van der Waals surface area contributed by atoms with Gasteiger partial charge < -0.3 is 4.79 Å². The summed E-state index contributed by atoms with van der Waals surface area (Å²) in [4.78, 5) is 11.6. The summed E-state index contributed by atoms with van der Waals surface area (Å²) in [5, 5.41) is 0. The summed E-state index contributed by atoms with van der Waals surface area (Å²) in [6.45, 7) is 2.11. The summed E-state index contributed by atoms with van der Waals surface area (Å²) in [7, 11) is 0. The fourth-order valence-electron chi connectivity index (χ4n) is 3.99. The smallest absolute Gasteiger partial charge is 0.126 e. The third-order valence-electron chi connectivity index (χ3n) is 5.07. The minimum Gasteiger partial charge on any atom is -0.303 e. The fraction of sp³-hybridized carbons (Fsp3) is 0.812. The Balaban J connectivity index is 1.96. The van der Waals surface area contributed by atoms with Crippen molar-refractivity contribution in [2.45, 2.75) is 64.7 Å². The van der Waals surface area contributed by atoms with Crippen LogP contribution in [0.25, 0.3) is 0 Å². The largest absolute Gasteiger partial charge is 0.303 e. The molecular formula is C16H26O. The Morgan fingerprint density at radius 1 is 1.00 bits per heavy atom. The van der Waals surface area contributed by atoms with Gasteiger partial charge in [-0.2, -0.15) is 0 Å². The van der Waals surface area contributed by atoms with Gasteiger partial charge in [0.25, 0.3) is 0 Å². The molecule has 2 aliphatic rings. The standard InChI is InChI=1S/C16H26O/c1-2-6-14-7-9-15(10-8-14)16(13-17)11-4-3-5-12-16/h2,6,13-15H,3-5,7-12H2,1H3. The zero-order valence-electron chi connectivity index (χ0n) is 11.2. The molecule has 2 aliphatic carbocycles. The van der Waals surface area contributed by atoms with Crippen molar-refractivity contribution in [1.29, 1.82) is 0 Å². The van der Waals surface area contributed by atoms with Gasteiger partial charge in [0.1, 0.15) is 6.29 Å². The van der Waals surface area contributed by atoms with E-state index in [1.165, 1.54) is 51.2 Å². The van der Waals surface area contributed by atoms with Crippen molar-refractivity contribution in [1.82, 2.24) is 0 Å². The lowest BCUT2D eigenvalue weighted by molar-refractivity contribution is -0.122. The van der Waals surface area contributed by atoms with E-state index in [9.17, 15) is 4.79 Å². The normalized spacial score (nSPS) is 33.7. The quantitative estimate of drug-likeness (QED) is 0.518. The molecule has 0 aliphatic heterocycles. The van der Waals surface area contributed by atoms with Gasteiger partial charge in [-0.3, -0.25) is 0 Å². The molecule has 0 radical (unpaired) electrons. The Bertz CT molecular complexity index is 265. The van der Waals surface area contributed by atoms with Gasteiger partial charge in [0.2, 0.25) is 0 Å². The third kappa shape index (κ3) is 2.81. The second-order valence-electron chi connectivity index (χ2n) is 6.05. The third-order valence-corrected chi connectivity index (χ3v) is 5.07. The van der Waals surface area contributed by atoms with E-state index in [1.54, 1.807) is 0 Å². The molecule has 1 heteroatoms. The van der Waals surface area contributed by atoms with E-state index in [2.05, 4.69) is 19.1 Å². The number of hydrogen-bond donors (Lipinski definition) is 0. The van der Waals surface area contributed by atoms with Crippen LogP contribution < -0.4 is 0 Å². The molecule has 96 valence electrons. The summed E-state index contributed by atoms with van der Waals surface area (Å²) in [5.41, 5.74) is 0.0686. The first kappa shape index (κ1) is 12.9. The molecule has 0 N–H and O–H groups in total. The van der Waals surface area contributed by atoms with Crippen LogP contribution in [0, 0.1) is 17.3 Å². The second kappa shape index (κ2) is 5.84. The predicted octanol–water partition coefficient (Wildman–Crippen LogP) is 4.52. The highest BCUT2D eigenvalue weighted by Crippen LogP contribution is 2.47. The van der Waals surface area contributed by atoms with E-state index < -0.39 is 0 Å². The Kier molecular flexibility index (Phi) is 4.42. The topological polar surface area (TPSA) is 17.1 Å². The molecule has 0 spiro atoms. The molecular weight excluding hydrogens is 208 g/mol. The van der Waals surface area contributed by atoms with Crippen LogP contribution in [0.2, 0.25) is 0 Å². The lowest BCUT2D eigenvalue weighted by atomic mass is 9.61. The molecule has 2 fully saturated rings. The number of carbonyl (C=O) groups is 1. The molecule has 0 atom stereocenters. The van der Waals surface area contributed by atoms with Crippen molar-refractivity contribution >= 4 is 6.29 Å². The Hall–Kier alpha value is -0.590. The maximum Gasteiger partial charge on any atom is 0.126 e. The van der Waals surface area contributed by atoms with E-state index in [0.29, 0.717) is 5.92 Å². The highest BCUT2D eigenvalue weighted by atomic mass is 16.1. The van der Waals surface area contributed by atoms with Crippen LogP contribution in [-0.4, -0.2) is 6.29 Å². The SMILES string of the molecule is CC=CC1CCC(C2(C=O)CCCCC2)CC1. The summed E-state index contributed by atoms with van der Waals surface area (Å²) in [5.74, 6) is 1.46. The molecule has 0 bridgehead atoms. The van der Waals surface area contributed by atoms with Crippen molar-refractivity contribution in [2.24, 2.45) is 17.3 Å². The molecule has 1 nitrogen and oxygen atoms in total. The predicted molar refractivity (Wildman–Crippen MR) is 71.8 cm³/mol. The van der Waals surface area contributed by atoms with Gasteiger partial charge in [-0.25, -0.2) is 0 Å². The highest BCUT2D eigenvalue weighted by Gasteiger charge is 2.40. The first-order chi connectivity index (χ1) is 8.30. The van der Waals surface area contributed by atoms with E-state index in [4.69, 9.17) is 0 Å². The van der Waals surface area contributed by atoms with Crippen molar-refractivity contribution < 1.29 is 4.79 Å². The van der Waals surface area contributed by atoms with Gasteiger partial charge in [-0.15, -0.1) is 0 Å². The number of hydrogen-bond acceptors (Lipinski definition) is 1. The van der Waals surface area contributed by atoms with Crippen LogP contribution in [-0.2, 0) is 4.79 Å². The van der Waals surface area contributed by atoms with Crippen molar-refractivity contribution in [2.75, 3.05) is 0 Å². The van der Waals surface area contributed by atoms with Gasteiger partial charge in [-0.1, -0.05) is 31.4 Å². The maximum atomic E-state index is 11.6. The number of rotatable bonds is 3. The molecule has 0 aromatic rings. The average molecular weight is 234 g/mol. The number of carbonyl (C=O) groups excluding carboxylic acids is 1. The second-order valence-corrected chi connectivity index (χ2v) is 6.05. The molecule has 0 aromatic heterocycles. The maximum absolute atomic E-state index is 11.6. The van der Waals surface area contributed by atoms with Gasteiger partial charge >= 0.3 is 0 Å². The first-order valence-corrected chi connectivity index (χ1v) is 7.40. The van der Waals surface area contributed by atoms with Gasteiger partial charge in [0, 0.05) is 5.41 Å². The van der Waals surface area contributed by atoms with Gasteiger partial charge in [-0.05, 0) is 57.3 Å². The molecule has 2 rings (SSSR count). The summed E-state index contributed by atoms with van der Waals surface area (Å²) in [6.07, 6.45) is 17.2. The van der Waals surface area contributed by atoms with Crippen LogP contribution in [0.15, 0.2) is 12.2 Å². The van der Waals surface area contributed by atoms with Gasteiger partial charge in [0.05, 0.1) is 0 Å². The summed E-state index contributed by atoms with van der Waals surface area (Å²) >= 11 is 0.